The lowest BCUT2D eigenvalue weighted by Gasteiger charge is -2.21. The molecule has 25 heavy (non-hydrogen) atoms. The molecule has 0 aliphatic rings. The van der Waals surface area contributed by atoms with E-state index in [4.69, 9.17) is 10.2 Å². The van der Waals surface area contributed by atoms with Gasteiger partial charge in [0, 0.05) is 18.7 Å². The van der Waals surface area contributed by atoms with Gasteiger partial charge in [-0.05, 0) is 0 Å². The van der Waals surface area contributed by atoms with Crippen LogP contribution in [0, 0.1) is 0 Å². The number of aromatic amines is 1. The summed E-state index contributed by atoms with van der Waals surface area (Å²) in [6, 6.07) is 1.27. The third-order valence-corrected chi connectivity index (χ3v) is 3.91. The maximum absolute atomic E-state index is 12.2. The van der Waals surface area contributed by atoms with Crippen LogP contribution >= 0.6 is 0 Å². The SMILES string of the molecule is O=C(O)CCC[n+]1cc(C(O)C(O)C(O)CO)c2c(=O)cc[nH]c2c1. The van der Waals surface area contributed by atoms with Gasteiger partial charge in [-0.15, -0.1) is 0 Å². The molecule has 0 aliphatic carbocycles. The molecule has 0 saturated carbocycles. The van der Waals surface area contributed by atoms with Crippen molar-refractivity contribution in [2.45, 2.75) is 37.7 Å². The van der Waals surface area contributed by atoms with E-state index in [0.717, 1.165) is 0 Å². The number of rotatable bonds is 8. The summed E-state index contributed by atoms with van der Waals surface area (Å²) in [6.07, 6.45) is -0.126. The lowest BCUT2D eigenvalue weighted by molar-refractivity contribution is -0.696. The summed E-state index contributed by atoms with van der Waals surface area (Å²) in [5, 5.41) is 47.7. The van der Waals surface area contributed by atoms with Crippen molar-refractivity contribution in [3.05, 3.63) is 40.4 Å². The minimum absolute atomic E-state index is 0.0416. The van der Waals surface area contributed by atoms with E-state index in [2.05, 4.69) is 4.98 Å². The highest BCUT2D eigenvalue weighted by molar-refractivity contribution is 5.80. The van der Waals surface area contributed by atoms with Crippen LogP contribution in [0.15, 0.2) is 29.5 Å². The first-order valence-corrected chi connectivity index (χ1v) is 7.76. The van der Waals surface area contributed by atoms with Crippen LogP contribution in [-0.2, 0) is 11.3 Å². The van der Waals surface area contributed by atoms with E-state index in [-0.39, 0.29) is 22.8 Å². The summed E-state index contributed by atoms with van der Waals surface area (Å²) in [4.78, 5) is 25.7. The van der Waals surface area contributed by atoms with E-state index in [9.17, 15) is 24.9 Å². The first-order valence-electron chi connectivity index (χ1n) is 7.76. The maximum Gasteiger partial charge on any atom is 0.303 e. The molecule has 3 atom stereocenters. The van der Waals surface area contributed by atoms with E-state index in [1.165, 1.54) is 18.5 Å². The molecule has 0 spiro atoms. The second kappa shape index (κ2) is 8.17. The molecule has 136 valence electrons. The van der Waals surface area contributed by atoms with Gasteiger partial charge in [-0.2, -0.15) is 0 Å². The molecule has 9 heteroatoms. The van der Waals surface area contributed by atoms with Crippen LogP contribution in [0.2, 0.25) is 0 Å². The molecule has 0 radical (unpaired) electrons. The number of aromatic nitrogens is 2. The normalized spacial score (nSPS) is 15.0. The van der Waals surface area contributed by atoms with Crippen molar-refractivity contribution in [1.29, 1.82) is 0 Å². The highest BCUT2D eigenvalue weighted by Crippen LogP contribution is 2.23. The van der Waals surface area contributed by atoms with Crippen LogP contribution in [0.1, 0.15) is 24.5 Å². The summed E-state index contributed by atoms with van der Waals surface area (Å²) < 4.78 is 1.60. The number of hydrogen-bond donors (Lipinski definition) is 6. The number of aliphatic hydroxyl groups excluding tert-OH is 4. The average molecular weight is 353 g/mol. The average Bonchev–Trinajstić information content (AvgIpc) is 2.58. The van der Waals surface area contributed by atoms with Crippen molar-refractivity contribution in [2.24, 2.45) is 0 Å². The minimum Gasteiger partial charge on any atom is -0.481 e. The van der Waals surface area contributed by atoms with Gasteiger partial charge in [-0.1, -0.05) is 0 Å². The molecular formula is C16H21N2O7+. The predicted molar refractivity (Wildman–Crippen MR) is 85.7 cm³/mol. The Morgan fingerprint density at radius 3 is 2.60 bits per heavy atom. The maximum atomic E-state index is 12.2. The fraction of sp³-hybridized carbons (Fsp3) is 0.438. The van der Waals surface area contributed by atoms with Crippen LogP contribution in [0.25, 0.3) is 10.9 Å². The molecule has 2 aromatic heterocycles. The molecule has 0 fully saturated rings. The number of aliphatic hydroxyl groups is 4. The smallest absolute Gasteiger partial charge is 0.303 e. The zero-order valence-corrected chi connectivity index (χ0v) is 13.4. The molecule has 2 aromatic rings. The molecule has 2 heterocycles. The number of hydrogen-bond acceptors (Lipinski definition) is 6. The van der Waals surface area contributed by atoms with Crippen molar-refractivity contribution in [3.63, 3.8) is 0 Å². The molecule has 3 unspecified atom stereocenters. The molecule has 6 N–H and O–H groups in total. The molecule has 0 aromatic carbocycles. The fourth-order valence-corrected chi connectivity index (χ4v) is 2.61. The second-order valence-corrected chi connectivity index (χ2v) is 5.76. The third-order valence-electron chi connectivity index (χ3n) is 3.91. The molecule has 9 nitrogen and oxygen atoms in total. The number of nitrogens with zero attached hydrogens (tertiary/aromatic N) is 1. The number of fused-ring (bicyclic) bond motifs is 1. The summed E-state index contributed by atoms with van der Waals surface area (Å²) in [5.41, 5.74) is 0.0888. The molecule has 0 saturated heterocycles. The highest BCUT2D eigenvalue weighted by atomic mass is 16.4. The van der Waals surface area contributed by atoms with Gasteiger partial charge in [-0.3, -0.25) is 9.59 Å². The number of aryl methyl sites for hydroxylation is 1. The van der Waals surface area contributed by atoms with Crippen LogP contribution in [0.4, 0.5) is 0 Å². The van der Waals surface area contributed by atoms with Crippen molar-refractivity contribution >= 4 is 16.9 Å². The van der Waals surface area contributed by atoms with Gasteiger partial charge in [0.1, 0.15) is 30.4 Å². The summed E-state index contributed by atoms with van der Waals surface area (Å²) >= 11 is 0. The fourth-order valence-electron chi connectivity index (χ4n) is 2.61. The van der Waals surface area contributed by atoms with E-state index in [0.29, 0.717) is 18.5 Å². The van der Waals surface area contributed by atoms with E-state index in [1.807, 2.05) is 0 Å². The number of carbonyl (C=O) groups is 1. The van der Waals surface area contributed by atoms with E-state index >= 15 is 0 Å². The highest BCUT2D eigenvalue weighted by Gasteiger charge is 2.30. The van der Waals surface area contributed by atoms with Gasteiger partial charge in [0.15, 0.2) is 17.8 Å². The number of carboxylic acid groups (broad SMARTS) is 1. The van der Waals surface area contributed by atoms with Gasteiger partial charge in [0.25, 0.3) is 0 Å². The first kappa shape index (κ1) is 19.0. The van der Waals surface area contributed by atoms with Crippen LogP contribution < -0.4 is 10.00 Å². The standard InChI is InChI=1S/C16H20N2O7/c19-8-12(21)16(25)15(24)9-6-18(5-1-2-13(22)23)7-10-14(9)11(20)3-4-17-10/h3-4,6-7,12,15-16,19,21,24-25H,1-2,5,8H2,(H-,17,20,22,23)/p+1. The van der Waals surface area contributed by atoms with Crippen molar-refractivity contribution < 1.29 is 34.9 Å². The monoisotopic (exact) mass is 353 g/mol. The lowest BCUT2D eigenvalue weighted by Crippen LogP contribution is -2.39. The van der Waals surface area contributed by atoms with Crippen molar-refractivity contribution in [2.75, 3.05) is 6.61 Å². The summed E-state index contributed by atoms with van der Waals surface area (Å²) in [6.45, 7) is -0.435. The summed E-state index contributed by atoms with van der Waals surface area (Å²) in [7, 11) is 0. The van der Waals surface area contributed by atoms with Crippen LogP contribution in [0.3, 0.4) is 0 Å². The van der Waals surface area contributed by atoms with Gasteiger partial charge in [0.05, 0.1) is 24.0 Å². The Morgan fingerprint density at radius 1 is 1.24 bits per heavy atom. The Morgan fingerprint density at radius 2 is 1.96 bits per heavy atom. The Labute approximate surface area is 142 Å². The quantitative estimate of drug-likeness (QED) is 0.313. The number of pyridine rings is 2. The van der Waals surface area contributed by atoms with Gasteiger partial charge < -0.3 is 30.5 Å². The Bertz CT molecular complexity index is 805. The largest absolute Gasteiger partial charge is 0.481 e. The predicted octanol–water partition coefficient (Wildman–Crippen LogP) is -1.57. The van der Waals surface area contributed by atoms with Gasteiger partial charge in [-0.25, -0.2) is 4.57 Å². The first-order chi connectivity index (χ1) is 11.8. The van der Waals surface area contributed by atoms with Gasteiger partial charge >= 0.3 is 5.97 Å². The van der Waals surface area contributed by atoms with Crippen LogP contribution in [-0.4, -0.2) is 55.3 Å². The van der Waals surface area contributed by atoms with Crippen molar-refractivity contribution in [1.82, 2.24) is 4.98 Å². The number of carboxylic acids is 1. The number of H-pyrrole nitrogens is 1. The number of nitrogens with one attached hydrogen (secondary N) is 1. The molecular weight excluding hydrogens is 332 g/mol. The summed E-state index contributed by atoms with van der Waals surface area (Å²) in [5.74, 6) is -0.934. The Balaban J connectivity index is 2.47. The number of aliphatic carboxylic acids is 1. The van der Waals surface area contributed by atoms with Gasteiger partial charge in [0.2, 0.25) is 0 Å². The molecule has 0 bridgehead atoms. The Hall–Kier alpha value is -2.33. The lowest BCUT2D eigenvalue weighted by atomic mass is 9.98. The minimum atomic E-state index is -1.69. The Kier molecular flexibility index (Phi) is 6.21. The molecule has 0 amide bonds. The second-order valence-electron chi connectivity index (χ2n) is 5.76. The third kappa shape index (κ3) is 4.40. The van der Waals surface area contributed by atoms with E-state index < -0.39 is 30.9 Å². The molecule has 0 aliphatic heterocycles. The van der Waals surface area contributed by atoms with Crippen molar-refractivity contribution in [3.8, 4) is 0 Å². The topological polar surface area (TPSA) is 155 Å². The van der Waals surface area contributed by atoms with E-state index in [1.54, 1.807) is 10.8 Å². The zero-order valence-electron chi connectivity index (χ0n) is 13.4. The zero-order chi connectivity index (χ0) is 18.6. The van der Waals surface area contributed by atoms with Crippen LogP contribution in [0.5, 0.6) is 0 Å². The molecule has 2 rings (SSSR count).